The Kier molecular flexibility index (Phi) is 5.96. The molecule has 0 amide bonds. The quantitative estimate of drug-likeness (QED) is 0.521. The van der Waals surface area contributed by atoms with Gasteiger partial charge in [-0.15, -0.1) is 6.58 Å². The Morgan fingerprint density at radius 3 is 1.96 bits per heavy atom. The Bertz CT molecular complexity index is 744. The second-order valence-electron chi connectivity index (χ2n) is 9.05. The van der Waals surface area contributed by atoms with Gasteiger partial charge in [0.2, 0.25) is 0 Å². The lowest BCUT2D eigenvalue weighted by atomic mass is 9.94. The van der Waals surface area contributed by atoms with Crippen LogP contribution in [-0.2, 0) is 14.9 Å². The minimum atomic E-state index is -1.85. The van der Waals surface area contributed by atoms with Gasteiger partial charge in [-0.3, -0.25) is 5.32 Å². The lowest BCUT2D eigenvalue weighted by Gasteiger charge is -2.37. The highest BCUT2D eigenvalue weighted by molar-refractivity contribution is 6.74. The van der Waals surface area contributed by atoms with E-state index in [1.54, 1.807) is 0 Å². The van der Waals surface area contributed by atoms with Crippen LogP contribution in [0, 0.1) is 0 Å². The van der Waals surface area contributed by atoms with Crippen molar-refractivity contribution < 1.29 is 9.16 Å². The minimum absolute atomic E-state index is 0.0343. The maximum Gasteiger partial charge on any atom is 0.192 e. The first kappa shape index (κ1) is 21.0. The molecule has 2 aromatic rings. The Balaban J connectivity index is 1.93. The van der Waals surface area contributed by atoms with Gasteiger partial charge in [0.05, 0.1) is 18.8 Å². The zero-order valence-electron chi connectivity index (χ0n) is 17.7. The van der Waals surface area contributed by atoms with Gasteiger partial charge in [0.25, 0.3) is 0 Å². The van der Waals surface area contributed by atoms with Crippen LogP contribution in [0.2, 0.25) is 18.1 Å². The third-order valence-corrected chi connectivity index (χ3v) is 10.6. The van der Waals surface area contributed by atoms with E-state index in [1.165, 1.54) is 0 Å². The van der Waals surface area contributed by atoms with Crippen molar-refractivity contribution in [2.24, 2.45) is 0 Å². The standard InChI is InChI=1S/C24H33NO2Si/c1-7-22-21(18-26-28(5,6)23(2,3)4)25-24(27-22,19-14-10-8-11-15-19)20-16-12-9-13-17-20/h7-17,21-22,25H,1,18H2,2-6H3/t21-,22+/m1/s1. The molecule has 0 unspecified atom stereocenters. The van der Waals surface area contributed by atoms with Crippen molar-refractivity contribution >= 4 is 8.32 Å². The topological polar surface area (TPSA) is 30.5 Å². The molecule has 0 radical (unpaired) electrons. The van der Waals surface area contributed by atoms with Gasteiger partial charge >= 0.3 is 0 Å². The van der Waals surface area contributed by atoms with Gasteiger partial charge in [-0.1, -0.05) is 87.5 Å². The van der Waals surface area contributed by atoms with Crippen LogP contribution in [0.5, 0.6) is 0 Å². The van der Waals surface area contributed by atoms with Crippen molar-refractivity contribution in [2.45, 2.75) is 56.8 Å². The van der Waals surface area contributed by atoms with Crippen molar-refractivity contribution in [1.82, 2.24) is 5.32 Å². The molecular formula is C24H33NO2Si. The molecule has 1 saturated heterocycles. The zero-order chi connectivity index (χ0) is 20.4. The highest BCUT2D eigenvalue weighted by Gasteiger charge is 2.48. The van der Waals surface area contributed by atoms with Gasteiger partial charge in [0, 0.05) is 11.1 Å². The van der Waals surface area contributed by atoms with Crippen LogP contribution in [0.25, 0.3) is 0 Å². The molecule has 0 spiro atoms. The van der Waals surface area contributed by atoms with E-state index in [9.17, 15) is 0 Å². The first-order chi connectivity index (χ1) is 13.2. The molecule has 0 bridgehead atoms. The molecule has 0 saturated carbocycles. The third kappa shape index (κ3) is 4.01. The molecule has 1 heterocycles. The Morgan fingerprint density at radius 1 is 1.04 bits per heavy atom. The van der Waals surface area contributed by atoms with Gasteiger partial charge in [0.15, 0.2) is 14.0 Å². The summed E-state index contributed by atoms with van der Waals surface area (Å²) in [6.07, 6.45) is 1.76. The summed E-state index contributed by atoms with van der Waals surface area (Å²) in [5.41, 5.74) is 1.47. The Morgan fingerprint density at radius 2 is 1.54 bits per heavy atom. The van der Waals surface area contributed by atoms with E-state index in [2.05, 4.69) is 70.0 Å². The summed E-state index contributed by atoms with van der Waals surface area (Å²) in [6.45, 7) is 16.0. The van der Waals surface area contributed by atoms with Crippen molar-refractivity contribution in [1.29, 1.82) is 0 Å². The molecule has 2 aromatic carbocycles. The lowest BCUT2D eigenvalue weighted by Crippen LogP contribution is -2.48. The van der Waals surface area contributed by atoms with Gasteiger partial charge in [0.1, 0.15) is 0 Å². The van der Waals surface area contributed by atoms with E-state index in [0.29, 0.717) is 6.61 Å². The Hall–Kier alpha value is -1.72. The van der Waals surface area contributed by atoms with Gasteiger partial charge < -0.3 is 9.16 Å². The molecule has 150 valence electrons. The van der Waals surface area contributed by atoms with Crippen molar-refractivity contribution in [3.63, 3.8) is 0 Å². The molecular weight excluding hydrogens is 362 g/mol. The highest BCUT2D eigenvalue weighted by atomic mass is 28.4. The summed E-state index contributed by atoms with van der Waals surface area (Å²) in [7, 11) is -1.85. The van der Waals surface area contributed by atoms with E-state index in [-0.39, 0.29) is 17.2 Å². The third-order valence-electron chi connectivity index (χ3n) is 6.12. The summed E-state index contributed by atoms with van der Waals surface area (Å²) >= 11 is 0. The number of hydrogen-bond donors (Lipinski definition) is 1. The lowest BCUT2D eigenvalue weighted by molar-refractivity contribution is -0.00783. The number of nitrogens with one attached hydrogen (secondary N) is 1. The number of hydrogen-bond acceptors (Lipinski definition) is 3. The summed E-state index contributed by atoms with van der Waals surface area (Å²) in [5, 5.41) is 3.94. The van der Waals surface area contributed by atoms with E-state index < -0.39 is 14.0 Å². The molecule has 2 atom stereocenters. The molecule has 28 heavy (non-hydrogen) atoms. The largest absolute Gasteiger partial charge is 0.415 e. The molecule has 1 aliphatic rings. The monoisotopic (exact) mass is 395 g/mol. The van der Waals surface area contributed by atoms with Gasteiger partial charge in [-0.2, -0.15) is 0 Å². The molecule has 0 aliphatic carbocycles. The Labute approximate surface area is 170 Å². The summed E-state index contributed by atoms with van der Waals surface area (Å²) in [5.74, 6) is 0. The van der Waals surface area contributed by atoms with Gasteiger partial charge in [-0.05, 0) is 18.1 Å². The molecule has 0 aromatic heterocycles. The fourth-order valence-corrected chi connectivity index (χ4v) is 4.37. The van der Waals surface area contributed by atoms with Crippen molar-refractivity contribution in [3.05, 3.63) is 84.4 Å². The minimum Gasteiger partial charge on any atom is -0.415 e. The van der Waals surface area contributed by atoms with Gasteiger partial charge in [-0.25, -0.2) is 0 Å². The first-order valence-corrected chi connectivity index (χ1v) is 12.9. The van der Waals surface area contributed by atoms with Crippen LogP contribution in [0.15, 0.2) is 73.3 Å². The molecule has 4 heteroatoms. The average Bonchev–Trinajstić information content (AvgIpc) is 3.07. The smallest absolute Gasteiger partial charge is 0.192 e. The first-order valence-electron chi connectivity index (χ1n) is 10.0. The van der Waals surface area contributed by atoms with Crippen molar-refractivity contribution in [3.8, 4) is 0 Å². The molecule has 1 N–H and O–H groups in total. The maximum atomic E-state index is 6.64. The average molecular weight is 396 g/mol. The molecule has 1 fully saturated rings. The van der Waals surface area contributed by atoms with Crippen LogP contribution in [0.4, 0.5) is 0 Å². The highest BCUT2D eigenvalue weighted by Crippen LogP contribution is 2.40. The second kappa shape index (κ2) is 7.95. The second-order valence-corrected chi connectivity index (χ2v) is 13.9. The van der Waals surface area contributed by atoms with Crippen LogP contribution < -0.4 is 5.32 Å². The summed E-state index contributed by atoms with van der Waals surface area (Å²) in [4.78, 5) is 0. The molecule has 1 aliphatic heterocycles. The summed E-state index contributed by atoms with van der Waals surface area (Å²) < 4.78 is 13.2. The van der Waals surface area contributed by atoms with Crippen LogP contribution in [0.1, 0.15) is 31.9 Å². The van der Waals surface area contributed by atoms with E-state index in [4.69, 9.17) is 9.16 Å². The molecule has 3 nitrogen and oxygen atoms in total. The predicted molar refractivity (Wildman–Crippen MR) is 119 cm³/mol. The summed E-state index contributed by atoms with van der Waals surface area (Å²) in [6, 6.07) is 20.7. The van der Waals surface area contributed by atoms with E-state index >= 15 is 0 Å². The fourth-order valence-electron chi connectivity index (χ4n) is 3.34. The van der Waals surface area contributed by atoms with Crippen LogP contribution in [-0.4, -0.2) is 27.1 Å². The van der Waals surface area contributed by atoms with Crippen LogP contribution >= 0.6 is 0 Å². The SMILES string of the molecule is C=C[C@@H]1OC(c2ccccc2)(c2ccccc2)N[C@@H]1CO[Si](C)(C)C(C)(C)C. The predicted octanol–water partition coefficient (Wildman–Crippen LogP) is 5.45. The van der Waals surface area contributed by atoms with Crippen molar-refractivity contribution in [2.75, 3.05) is 6.61 Å². The zero-order valence-corrected chi connectivity index (χ0v) is 18.7. The molecule has 3 rings (SSSR count). The number of ether oxygens (including phenoxy) is 1. The maximum absolute atomic E-state index is 6.64. The number of rotatable bonds is 6. The fraction of sp³-hybridized carbons (Fsp3) is 0.417. The van der Waals surface area contributed by atoms with E-state index in [1.807, 2.05) is 42.5 Å². The van der Waals surface area contributed by atoms with Crippen LogP contribution in [0.3, 0.4) is 0 Å². The normalized spacial score (nSPS) is 22.2. The van der Waals surface area contributed by atoms with E-state index in [0.717, 1.165) is 11.1 Å². The number of benzene rings is 2.